The summed E-state index contributed by atoms with van der Waals surface area (Å²) >= 11 is 12.7. The van der Waals surface area contributed by atoms with Gasteiger partial charge >= 0.3 is 11.7 Å². The molecule has 2 heterocycles. The molecule has 1 aromatic heterocycles. The molecule has 3 aromatic carbocycles. The Hall–Kier alpha value is -3.55. The zero-order valence-corrected chi connectivity index (χ0v) is 24.1. The highest BCUT2D eigenvalue weighted by atomic mass is 35.5. The fourth-order valence-electron chi connectivity index (χ4n) is 6.67. The SMILES string of the molecule is CC1(CC(=O)O)CC(c2cccc(Cl)c2)C(c2ccc(Cl)cc2)N(C(Cn2c(=O)[nH]c3ccccc32)C2CC2)C1=O. The molecule has 41 heavy (non-hydrogen) atoms. The quantitative estimate of drug-likeness (QED) is 0.240. The van der Waals surface area contributed by atoms with Gasteiger partial charge in [0.2, 0.25) is 5.91 Å². The fraction of sp³-hybridized carbons (Fsp3) is 0.344. The molecule has 9 heteroatoms. The van der Waals surface area contributed by atoms with E-state index in [1.54, 1.807) is 17.6 Å². The van der Waals surface area contributed by atoms with E-state index in [4.69, 9.17) is 23.2 Å². The van der Waals surface area contributed by atoms with E-state index in [9.17, 15) is 19.5 Å². The summed E-state index contributed by atoms with van der Waals surface area (Å²) < 4.78 is 1.71. The smallest absolute Gasteiger partial charge is 0.326 e. The molecule has 1 aliphatic heterocycles. The standard InChI is InChI=1S/C32H31Cl2N3O4/c1-32(17-28(38)39)16-24(21-5-4-6-23(34)15-21)29(20-11-13-22(33)14-12-20)37(30(32)40)27(19-9-10-19)18-36-26-8-3-2-7-25(26)35-31(36)41/h2-8,11-15,19,24,27,29H,9-10,16-18H2,1H3,(H,35,41)(H,38,39). The lowest BCUT2D eigenvalue weighted by atomic mass is 9.67. The number of H-pyrrole nitrogens is 1. The highest BCUT2D eigenvalue weighted by Crippen LogP contribution is 2.54. The van der Waals surface area contributed by atoms with Gasteiger partial charge in [0.25, 0.3) is 0 Å². The Labute approximate surface area is 247 Å². The molecule has 212 valence electrons. The van der Waals surface area contributed by atoms with Gasteiger partial charge in [0.15, 0.2) is 0 Å². The third kappa shape index (κ3) is 5.29. The number of fused-ring (bicyclic) bond motifs is 1. The molecule has 1 aliphatic carbocycles. The van der Waals surface area contributed by atoms with Crippen LogP contribution in [0.3, 0.4) is 0 Å². The number of imidazole rings is 1. The highest BCUT2D eigenvalue weighted by molar-refractivity contribution is 6.30. The molecule has 2 aliphatic rings. The summed E-state index contributed by atoms with van der Waals surface area (Å²) in [6, 6.07) is 21.9. The number of nitrogens with zero attached hydrogens (tertiary/aromatic N) is 2. The Morgan fingerprint density at radius 1 is 1.00 bits per heavy atom. The van der Waals surface area contributed by atoms with E-state index in [0.717, 1.165) is 35.0 Å². The fourth-order valence-corrected chi connectivity index (χ4v) is 6.99. The zero-order valence-electron chi connectivity index (χ0n) is 22.6. The first-order chi connectivity index (χ1) is 19.6. The number of likely N-dealkylation sites (tertiary alicyclic amines) is 1. The largest absolute Gasteiger partial charge is 0.481 e. The zero-order chi connectivity index (χ0) is 28.9. The van der Waals surface area contributed by atoms with Crippen LogP contribution in [0, 0.1) is 11.3 Å². The monoisotopic (exact) mass is 591 g/mol. The van der Waals surface area contributed by atoms with Crippen molar-refractivity contribution in [2.24, 2.45) is 11.3 Å². The number of carboxylic acid groups (broad SMARTS) is 1. The molecule has 0 bridgehead atoms. The predicted molar refractivity (Wildman–Crippen MR) is 159 cm³/mol. The molecule has 0 radical (unpaired) electrons. The molecular formula is C32H31Cl2N3O4. The van der Waals surface area contributed by atoms with Crippen LogP contribution in [0.15, 0.2) is 77.6 Å². The highest BCUT2D eigenvalue weighted by Gasteiger charge is 2.54. The molecule has 1 amide bonds. The summed E-state index contributed by atoms with van der Waals surface area (Å²) in [7, 11) is 0. The van der Waals surface area contributed by atoms with Crippen LogP contribution < -0.4 is 5.69 Å². The van der Waals surface area contributed by atoms with Gasteiger partial charge in [-0.2, -0.15) is 0 Å². The maximum Gasteiger partial charge on any atom is 0.326 e. The molecule has 4 atom stereocenters. The number of aromatic amines is 1. The minimum atomic E-state index is -1.15. The Bertz CT molecular complexity index is 1680. The summed E-state index contributed by atoms with van der Waals surface area (Å²) in [5.74, 6) is -1.28. The minimum Gasteiger partial charge on any atom is -0.481 e. The van der Waals surface area contributed by atoms with Crippen molar-refractivity contribution in [3.8, 4) is 0 Å². The number of hydrogen-bond acceptors (Lipinski definition) is 3. The molecule has 4 unspecified atom stereocenters. The second kappa shape index (κ2) is 10.7. The Balaban J connectivity index is 1.54. The third-order valence-electron chi connectivity index (χ3n) is 8.71. The Morgan fingerprint density at radius 2 is 1.73 bits per heavy atom. The van der Waals surface area contributed by atoms with Crippen molar-refractivity contribution in [2.45, 2.75) is 57.2 Å². The number of hydrogen-bond donors (Lipinski definition) is 2. The third-order valence-corrected chi connectivity index (χ3v) is 9.19. The van der Waals surface area contributed by atoms with Crippen LogP contribution in [0.2, 0.25) is 10.0 Å². The molecule has 2 N–H and O–H groups in total. The maximum absolute atomic E-state index is 14.6. The van der Waals surface area contributed by atoms with Gasteiger partial charge in [0, 0.05) is 22.5 Å². The summed E-state index contributed by atoms with van der Waals surface area (Å²) in [4.78, 5) is 44.8. The summed E-state index contributed by atoms with van der Waals surface area (Å²) in [5.41, 5.74) is 1.96. The van der Waals surface area contributed by atoms with Crippen LogP contribution in [-0.4, -0.2) is 37.5 Å². The number of para-hydroxylation sites is 2. The van der Waals surface area contributed by atoms with Gasteiger partial charge < -0.3 is 15.0 Å². The van der Waals surface area contributed by atoms with Crippen LogP contribution in [0.25, 0.3) is 11.0 Å². The Kier molecular flexibility index (Phi) is 7.20. The van der Waals surface area contributed by atoms with Crippen molar-refractivity contribution >= 4 is 46.1 Å². The number of amides is 1. The molecule has 6 rings (SSSR count). The van der Waals surface area contributed by atoms with E-state index in [1.807, 2.05) is 71.6 Å². The number of benzene rings is 3. The van der Waals surface area contributed by atoms with Crippen molar-refractivity contribution < 1.29 is 14.7 Å². The molecule has 0 spiro atoms. The van der Waals surface area contributed by atoms with E-state index < -0.39 is 17.4 Å². The van der Waals surface area contributed by atoms with Gasteiger partial charge in [-0.25, -0.2) is 4.79 Å². The summed E-state index contributed by atoms with van der Waals surface area (Å²) in [5, 5.41) is 11.1. The lowest BCUT2D eigenvalue weighted by Crippen LogP contribution is -2.57. The Morgan fingerprint density at radius 3 is 2.41 bits per heavy atom. The predicted octanol–water partition coefficient (Wildman–Crippen LogP) is 6.65. The number of nitrogens with one attached hydrogen (secondary N) is 1. The van der Waals surface area contributed by atoms with Crippen molar-refractivity contribution in [3.63, 3.8) is 0 Å². The van der Waals surface area contributed by atoms with Crippen molar-refractivity contribution in [1.29, 1.82) is 0 Å². The normalized spacial score (nSPS) is 23.6. The number of carboxylic acids is 1. The average molecular weight is 593 g/mol. The number of halogens is 2. The topological polar surface area (TPSA) is 95.4 Å². The van der Waals surface area contributed by atoms with E-state index in [1.165, 1.54) is 0 Å². The van der Waals surface area contributed by atoms with Gasteiger partial charge in [-0.05, 0) is 72.7 Å². The van der Waals surface area contributed by atoms with Crippen molar-refractivity contribution in [1.82, 2.24) is 14.5 Å². The lowest BCUT2D eigenvalue weighted by Gasteiger charge is -2.52. The number of aliphatic carboxylic acids is 1. The van der Waals surface area contributed by atoms with Gasteiger partial charge in [0.05, 0.1) is 35.0 Å². The molecule has 4 aromatic rings. The van der Waals surface area contributed by atoms with E-state index in [0.29, 0.717) is 23.0 Å². The van der Waals surface area contributed by atoms with Crippen LogP contribution in [0.5, 0.6) is 0 Å². The van der Waals surface area contributed by atoms with Crippen LogP contribution in [0.1, 0.15) is 55.7 Å². The molecule has 2 fully saturated rings. The van der Waals surface area contributed by atoms with Crippen LogP contribution in [-0.2, 0) is 16.1 Å². The first-order valence-corrected chi connectivity index (χ1v) is 14.6. The average Bonchev–Trinajstić information content (AvgIpc) is 3.72. The van der Waals surface area contributed by atoms with E-state index in [-0.39, 0.29) is 35.9 Å². The van der Waals surface area contributed by atoms with Gasteiger partial charge in [0.1, 0.15) is 0 Å². The van der Waals surface area contributed by atoms with Crippen molar-refractivity contribution in [2.75, 3.05) is 0 Å². The number of aromatic nitrogens is 2. The second-order valence-electron chi connectivity index (χ2n) is 11.7. The number of piperidine rings is 1. The lowest BCUT2D eigenvalue weighted by molar-refractivity contribution is -0.161. The van der Waals surface area contributed by atoms with Crippen molar-refractivity contribution in [3.05, 3.63) is 104 Å². The first-order valence-electron chi connectivity index (χ1n) is 13.9. The van der Waals surface area contributed by atoms with Gasteiger partial charge in [-0.15, -0.1) is 0 Å². The van der Waals surface area contributed by atoms with Gasteiger partial charge in [-0.1, -0.05) is 66.5 Å². The maximum atomic E-state index is 14.6. The minimum absolute atomic E-state index is 0.182. The molecule has 1 saturated carbocycles. The molecule has 7 nitrogen and oxygen atoms in total. The molecular weight excluding hydrogens is 561 g/mol. The number of carbonyl (C=O) groups excluding carboxylic acids is 1. The van der Waals surface area contributed by atoms with Crippen LogP contribution in [0.4, 0.5) is 0 Å². The summed E-state index contributed by atoms with van der Waals surface area (Å²) in [6.45, 7) is 2.06. The summed E-state index contributed by atoms with van der Waals surface area (Å²) in [6.07, 6.45) is 1.90. The second-order valence-corrected chi connectivity index (χ2v) is 12.5. The van der Waals surface area contributed by atoms with E-state index in [2.05, 4.69) is 4.98 Å². The first kappa shape index (κ1) is 27.6. The van der Waals surface area contributed by atoms with Crippen LogP contribution >= 0.6 is 23.2 Å². The molecule has 1 saturated heterocycles. The van der Waals surface area contributed by atoms with E-state index >= 15 is 0 Å². The number of rotatable bonds is 8. The number of carbonyl (C=O) groups is 2. The van der Waals surface area contributed by atoms with Gasteiger partial charge in [-0.3, -0.25) is 14.2 Å².